The summed E-state index contributed by atoms with van der Waals surface area (Å²) in [5, 5.41) is 2.42. The molecule has 0 aliphatic heterocycles. The van der Waals surface area contributed by atoms with Gasteiger partial charge < -0.3 is 4.42 Å². The zero-order chi connectivity index (χ0) is 13.5. The third-order valence-corrected chi connectivity index (χ3v) is 3.54. The zero-order valence-electron chi connectivity index (χ0n) is 11.1. The molecule has 0 bridgehead atoms. The highest BCUT2D eigenvalue weighted by molar-refractivity contribution is 5.87. The maximum Gasteiger partial charge on any atom is 0.227 e. The van der Waals surface area contributed by atoms with Gasteiger partial charge in [0.1, 0.15) is 5.52 Å². The molecule has 3 aromatic carbocycles. The van der Waals surface area contributed by atoms with Crippen molar-refractivity contribution in [1.29, 1.82) is 0 Å². The molecule has 0 N–H and O–H groups in total. The number of aryl methyl sites for hydroxylation is 1. The number of hydrogen-bond acceptors (Lipinski definition) is 2. The number of benzene rings is 3. The first kappa shape index (κ1) is 11.2. The van der Waals surface area contributed by atoms with Crippen molar-refractivity contribution in [3.63, 3.8) is 0 Å². The maximum absolute atomic E-state index is 5.85. The third-order valence-electron chi connectivity index (χ3n) is 3.54. The van der Waals surface area contributed by atoms with Crippen LogP contribution in [0.2, 0.25) is 0 Å². The molecular weight excluding hydrogens is 246 g/mol. The number of nitrogens with zero attached hydrogens (tertiary/aromatic N) is 1. The van der Waals surface area contributed by atoms with E-state index >= 15 is 0 Å². The Balaban J connectivity index is 1.91. The molecule has 2 nitrogen and oxygen atoms in total. The van der Waals surface area contributed by atoms with Gasteiger partial charge in [-0.25, -0.2) is 4.98 Å². The predicted octanol–water partition coefficient (Wildman–Crippen LogP) is 4.96. The first-order valence-corrected chi connectivity index (χ1v) is 6.66. The molecule has 0 spiro atoms. The highest BCUT2D eigenvalue weighted by atomic mass is 16.3. The van der Waals surface area contributed by atoms with Crippen molar-refractivity contribution in [3.05, 3.63) is 66.2 Å². The molecule has 0 radical (unpaired) electrons. The highest BCUT2D eigenvalue weighted by Gasteiger charge is 2.08. The van der Waals surface area contributed by atoms with Crippen molar-refractivity contribution in [2.24, 2.45) is 0 Å². The summed E-state index contributed by atoms with van der Waals surface area (Å²) in [4.78, 5) is 4.58. The second kappa shape index (κ2) is 4.20. The lowest BCUT2D eigenvalue weighted by Gasteiger charge is -1.99. The normalized spacial score (nSPS) is 11.2. The average Bonchev–Trinajstić information content (AvgIpc) is 2.89. The van der Waals surface area contributed by atoms with Crippen molar-refractivity contribution in [1.82, 2.24) is 4.98 Å². The Labute approximate surface area is 116 Å². The highest BCUT2D eigenvalue weighted by Crippen LogP contribution is 2.27. The van der Waals surface area contributed by atoms with Crippen LogP contribution in [-0.4, -0.2) is 4.98 Å². The van der Waals surface area contributed by atoms with Crippen LogP contribution in [0, 0.1) is 6.92 Å². The lowest BCUT2D eigenvalue weighted by Crippen LogP contribution is -1.78. The largest absolute Gasteiger partial charge is 0.436 e. The molecule has 0 unspecified atom stereocenters. The Morgan fingerprint density at radius 2 is 1.70 bits per heavy atom. The summed E-state index contributed by atoms with van der Waals surface area (Å²) in [5.74, 6) is 0.677. The molecule has 0 saturated heterocycles. The summed E-state index contributed by atoms with van der Waals surface area (Å²) in [7, 11) is 0. The molecular formula is C18H13NO. The summed E-state index contributed by atoms with van der Waals surface area (Å²) in [6.07, 6.45) is 0. The maximum atomic E-state index is 5.85. The van der Waals surface area contributed by atoms with E-state index in [0.29, 0.717) is 5.89 Å². The number of hydrogen-bond donors (Lipinski definition) is 0. The van der Waals surface area contributed by atoms with Gasteiger partial charge in [-0.3, -0.25) is 0 Å². The minimum Gasteiger partial charge on any atom is -0.436 e. The van der Waals surface area contributed by atoms with E-state index in [0.717, 1.165) is 16.7 Å². The smallest absolute Gasteiger partial charge is 0.227 e. The van der Waals surface area contributed by atoms with Gasteiger partial charge in [0.2, 0.25) is 5.89 Å². The molecule has 1 heterocycles. The monoisotopic (exact) mass is 259 g/mol. The lowest BCUT2D eigenvalue weighted by atomic mass is 10.1. The Bertz CT molecular complexity index is 921. The molecule has 2 heteroatoms. The van der Waals surface area contributed by atoms with Gasteiger partial charge in [-0.15, -0.1) is 0 Å². The van der Waals surface area contributed by atoms with Gasteiger partial charge in [-0.05, 0) is 47.5 Å². The Hall–Kier alpha value is -2.61. The molecule has 0 fully saturated rings. The van der Waals surface area contributed by atoms with Gasteiger partial charge in [0, 0.05) is 5.56 Å². The van der Waals surface area contributed by atoms with Crippen LogP contribution in [0.3, 0.4) is 0 Å². The zero-order valence-corrected chi connectivity index (χ0v) is 11.1. The summed E-state index contributed by atoms with van der Waals surface area (Å²) in [6, 6.07) is 20.6. The van der Waals surface area contributed by atoms with Crippen molar-refractivity contribution in [2.75, 3.05) is 0 Å². The van der Waals surface area contributed by atoms with Crippen LogP contribution in [-0.2, 0) is 0 Å². The SMILES string of the molecule is Cc1ccc2oc(-c3ccc4ccccc4c3)nc2c1. The van der Waals surface area contributed by atoms with Crippen LogP contribution in [0.1, 0.15) is 5.56 Å². The molecule has 1 aromatic heterocycles. The molecule has 4 aromatic rings. The third kappa shape index (κ3) is 1.77. The van der Waals surface area contributed by atoms with Crippen molar-refractivity contribution in [2.45, 2.75) is 6.92 Å². The number of aromatic nitrogens is 1. The summed E-state index contributed by atoms with van der Waals surface area (Å²) in [5.41, 5.74) is 3.94. The fraction of sp³-hybridized carbons (Fsp3) is 0.0556. The average molecular weight is 259 g/mol. The molecule has 0 aliphatic rings. The first-order valence-electron chi connectivity index (χ1n) is 6.66. The lowest BCUT2D eigenvalue weighted by molar-refractivity contribution is 0.620. The van der Waals surface area contributed by atoms with Crippen LogP contribution < -0.4 is 0 Å². The van der Waals surface area contributed by atoms with Gasteiger partial charge in [0.25, 0.3) is 0 Å². The van der Waals surface area contributed by atoms with E-state index in [1.54, 1.807) is 0 Å². The predicted molar refractivity (Wildman–Crippen MR) is 81.7 cm³/mol. The van der Waals surface area contributed by atoms with E-state index in [4.69, 9.17) is 4.42 Å². The number of oxazole rings is 1. The summed E-state index contributed by atoms with van der Waals surface area (Å²) in [6.45, 7) is 2.06. The fourth-order valence-electron chi connectivity index (χ4n) is 2.48. The number of fused-ring (bicyclic) bond motifs is 2. The topological polar surface area (TPSA) is 26.0 Å². The first-order chi connectivity index (χ1) is 9.79. The Morgan fingerprint density at radius 3 is 2.60 bits per heavy atom. The van der Waals surface area contributed by atoms with E-state index in [2.05, 4.69) is 42.2 Å². The Morgan fingerprint density at radius 1 is 0.850 bits per heavy atom. The molecule has 20 heavy (non-hydrogen) atoms. The van der Waals surface area contributed by atoms with Crippen molar-refractivity contribution < 1.29 is 4.42 Å². The van der Waals surface area contributed by atoms with E-state index < -0.39 is 0 Å². The Kier molecular flexibility index (Phi) is 2.36. The van der Waals surface area contributed by atoms with Crippen LogP contribution in [0.4, 0.5) is 0 Å². The van der Waals surface area contributed by atoms with Gasteiger partial charge in [0.05, 0.1) is 0 Å². The molecule has 0 aliphatic carbocycles. The van der Waals surface area contributed by atoms with E-state index in [-0.39, 0.29) is 0 Å². The van der Waals surface area contributed by atoms with Gasteiger partial charge in [-0.1, -0.05) is 36.4 Å². The van der Waals surface area contributed by atoms with Crippen LogP contribution in [0.25, 0.3) is 33.3 Å². The summed E-state index contributed by atoms with van der Waals surface area (Å²) >= 11 is 0. The fourth-order valence-corrected chi connectivity index (χ4v) is 2.48. The van der Waals surface area contributed by atoms with Gasteiger partial charge in [-0.2, -0.15) is 0 Å². The van der Waals surface area contributed by atoms with E-state index in [1.807, 2.05) is 30.3 Å². The second-order valence-corrected chi connectivity index (χ2v) is 5.05. The van der Waals surface area contributed by atoms with Gasteiger partial charge >= 0.3 is 0 Å². The number of rotatable bonds is 1. The van der Waals surface area contributed by atoms with Crippen molar-refractivity contribution >= 4 is 21.9 Å². The van der Waals surface area contributed by atoms with E-state index in [9.17, 15) is 0 Å². The second-order valence-electron chi connectivity index (χ2n) is 5.05. The molecule has 4 rings (SSSR count). The summed E-state index contributed by atoms with van der Waals surface area (Å²) < 4.78 is 5.85. The standard InChI is InChI=1S/C18H13NO/c1-12-6-9-17-16(10-12)19-18(20-17)15-8-7-13-4-2-3-5-14(13)11-15/h2-11H,1H3. The molecule has 0 amide bonds. The van der Waals surface area contributed by atoms with Crippen LogP contribution in [0.5, 0.6) is 0 Å². The quantitative estimate of drug-likeness (QED) is 0.483. The minimum atomic E-state index is 0.677. The molecule has 96 valence electrons. The van der Waals surface area contributed by atoms with Crippen LogP contribution >= 0.6 is 0 Å². The minimum absolute atomic E-state index is 0.677. The van der Waals surface area contributed by atoms with Crippen LogP contribution in [0.15, 0.2) is 65.1 Å². The van der Waals surface area contributed by atoms with Gasteiger partial charge in [0.15, 0.2) is 5.58 Å². The molecule has 0 saturated carbocycles. The van der Waals surface area contributed by atoms with E-state index in [1.165, 1.54) is 16.3 Å². The van der Waals surface area contributed by atoms with Crippen molar-refractivity contribution in [3.8, 4) is 11.5 Å². The molecule has 0 atom stereocenters.